The molecule has 96 valence electrons. The topological polar surface area (TPSA) is 62.2 Å². The molecule has 1 amide bonds. The van der Waals surface area contributed by atoms with E-state index in [-0.39, 0.29) is 11.5 Å². The van der Waals surface area contributed by atoms with Crippen molar-refractivity contribution in [2.24, 2.45) is 10.7 Å². The predicted molar refractivity (Wildman–Crippen MR) is 62.2 cm³/mol. The Morgan fingerprint density at radius 3 is 2.47 bits per heavy atom. The summed E-state index contributed by atoms with van der Waals surface area (Å²) in [7, 11) is 0. The zero-order valence-electron chi connectivity index (χ0n) is 10.6. The van der Waals surface area contributed by atoms with Gasteiger partial charge in [0, 0.05) is 31.6 Å². The standard InChI is InChI=1S/C11H19N3O3/c1-10(2,3)17-9(15)13-5-4-11(6-13)7-14(8-11)12-16/h4-8H2,1-3H3. The van der Waals surface area contributed by atoms with E-state index in [9.17, 15) is 9.70 Å². The fourth-order valence-corrected chi connectivity index (χ4v) is 2.46. The van der Waals surface area contributed by atoms with Crippen LogP contribution >= 0.6 is 0 Å². The minimum Gasteiger partial charge on any atom is -0.444 e. The second-order valence-electron chi connectivity index (χ2n) is 6.06. The number of hydrogen-bond donors (Lipinski definition) is 0. The van der Waals surface area contributed by atoms with E-state index in [4.69, 9.17) is 4.74 Å². The van der Waals surface area contributed by atoms with Gasteiger partial charge in [-0.2, -0.15) is 0 Å². The number of rotatable bonds is 1. The first kappa shape index (κ1) is 12.1. The molecule has 0 aromatic rings. The van der Waals surface area contributed by atoms with Gasteiger partial charge in [0.2, 0.25) is 0 Å². The lowest BCUT2D eigenvalue weighted by Crippen LogP contribution is -2.55. The van der Waals surface area contributed by atoms with Crippen LogP contribution in [0.4, 0.5) is 4.79 Å². The molecule has 0 aliphatic carbocycles. The number of carbonyl (C=O) groups is 1. The molecule has 1 spiro atoms. The van der Waals surface area contributed by atoms with Gasteiger partial charge in [-0.15, -0.1) is 4.91 Å². The summed E-state index contributed by atoms with van der Waals surface area (Å²) >= 11 is 0. The van der Waals surface area contributed by atoms with E-state index in [1.54, 1.807) is 4.90 Å². The molecule has 0 bridgehead atoms. The molecule has 17 heavy (non-hydrogen) atoms. The Bertz CT molecular complexity index is 331. The van der Waals surface area contributed by atoms with Gasteiger partial charge in [0.15, 0.2) is 0 Å². The van der Waals surface area contributed by atoms with Crippen molar-refractivity contribution < 1.29 is 9.53 Å². The van der Waals surface area contributed by atoms with Gasteiger partial charge in [0.1, 0.15) is 5.60 Å². The van der Waals surface area contributed by atoms with Crippen molar-refractivity contribution in [2.45, 2.75) is 32.8 Å². The summed E-state index contributed by atoms with van der Waals surface area (Å²) in [5.74, 6) is 0. The molecule has 2 aliphatic rings. The van der Waals surface area contributed by atoms with Gasteiger partial charge in [0.25, 0.3) is 0 Å². The van der Waals surface area contributed by atoms with Crippen molar-refractivity contribution in [3.63, 3.8) is 0 Å². The van der Waals surface area contributed by atoms with Crippen LogP contribution in [0.25, 0.3) is 0 Å². The van der Waals surface area contributed by atoms with Gasteiger partial charge in [-0.25, -0.2) is 4.79 Å². The number of carbonyl (C=O) groups excluding carboxylic acids is 1. The van der Waals surface area contributed by atoms with Gasteiger partial charge < -0.3 is 9.64 Å². The Morgan fingerprint density at radius 2 is 1.94 bits per heavy atom. The number of amides is 1. The van der Waals surface area contributed by atoms with Crippen LogP contribution < -0.4 is 0 Å². The molecule has 0 radical (unpaired) electrons. The molecule has 6 nitrogen and oxygen atoms in total. The molecule has 0 saturated carbocycles. The maximum atomic E-state index is 11.8. The van der Waals surface area contributed by atoms with Crippen molar-refractivity contribution >= 4 is 6.09 Å². The smallest absolute Gasteiger partial charge is 0.410 e. The average molecular weight is 241 g/mol. The molecule has 2 aliphatic heterocycles. The number of nitrogens with zero attached hydrogens (tertiary/aromatic N) is 3. The Balaban J connectivity index is 1.86. The molecule has 0 aromatic heterocycles. The fraction of sp³-hybridized carbons (Fsp3) is 0.909. The van der Waals surface area contributed by atoms with Crippen LogP contribution in [-0.2, 0) is 4.74 Å². The zero-order chi connectivity index (χ0) is 12.7. The normalized spacial score (nSPS) is 22.5. The summed E-state index contributed by atoms with van der Waals surface area (Å²) in [6, 6.07) is 0. The molecular formula is C11H19N3O3. The predicted octanol–water partition coefficient (Wildman–Crippen LogP) is 1.61. The number of likely N-dealkylation sites (tertiary alicyclic amines) is 1. The second kappa shape index (κ2) is 3.85. The van der Waals surface area contributed by atoms with Gasteiger partial charge in [0.05, 0.1) is 5.29 Å². The Labute approximate surface area is 101 Å². The first-order chi connectivity index (χ1) is 7.84. The summed E-state index contributed by atoms with van der Waals surface area (Å²) in [5, 5.41) is 4.39. The Morgan fingerprint density at radius 1 is 1.29 bits per heavy atom. The first-order valence-electron chi connectivity index (χ1n) is 5.90. The van der Waals surface area contributed by atoms with Gasteiger partial charge >= 0.3 is 6.09 Å². The summed E-state index contributed by atoms with van der Waals surface area (Å²) in [6.45, 7) is 8.29. The highest BCUT2D eigenvalue weighted by Gasteiger charge is 2.49. The van der Waals surface area contributed by atoms with Crippen LogP contribution in [-0.4, -0.2) is 47.8 Å². The van der Waals surface area contributed by atoms with Crippen LogP contribution in [0.1, 0.15) is 27.2 Å². The second-order valence-corrected chi connectivity index (χ2v) is 6.06. The van der Waals surface area contributed by atoms with Crippen molar-refractivity contribution in [2.75, 3.05) is 26.2 Å². The summed E-state index contributed by atoms with van der Waals surface area (Å²) in [6.07, 6.45) is 0.671. The molecule has 0 aromatic carbocycles. The van der Waals surface area contributed by atoms with Crippen molar-refractivity contribution in [3.05, 3.63) is 4.91 Å². The van der Waals surface area contributed by atoms with E-state index in [0.717, 1.165) is 6.42 Å². The van der Waals surface area contributed by atoms with E-state index < -0.39 is 5.60 Å². The molecular weight excluding hydrogens is 222 g/mol. The summed E-state index contributed by atoms with van der Waals surface area (Å²) in [5.41, 5.74) is -0.381. The molecule has 6 heteroatoms. The lowest BCUT2D eigenvalue weighted by atomic mass is 9.80. The molecule has 2 rings (SSSR count). The van der Waals surface area contributed by atoms with Gasteiger partial charge in [-0.3, -0.25) is 5.01 Å². The van der Waals surface area contributed by atoms with Crippen molar-refractivity contribution in [1.82, 2.24) is 9.91 Å². The maximum Gasteiger partial charge on any atom is 0.410 e. The number of nitroso groups, excluding NO2 is 1. The average Bonchev–Trinajstić information content (AvgIpc) is 2.56. The van der Waals surface area contributed by atoms with E-state index in [0.29, 0.717) is 26.2 Å². The monoisotopic (exact) mass is 241 g/mol. The van der Waals surface area contributed by atoms with Crippen molar-refractivity contribution in [1.29, 1.82) is 0 Å². The molecule has 0 N–H and O–H groups in total. The fourth-order valence-electron chi connectivity index (χ4n) is 2.46. The van der Waals surface area contributed by atoms with E-state index >= 15 is 0 Å². The SMILES string of the molecule is CC(C)(C)OC(=O)N1CCC2(CN(N=O)C2)C1. The third kappa shape index (κ3) is 2.50. The maximum absolute atomic E-state index is 11.8. The first-order valence-corrected chi connectivity index (χ1v) is 5.90. The Hall–Kier alpha value is -1.33. The van der Waals surface area contributed by atoms with E-state index in [2.05, 4.69) is 5.29 Å². The number of ether oxygens (including phenoxy) is 1. The zero-order valence-corrected chi connectivity index (χ0v) is 10.6. The molecule has 2 heterocycles. The van der Waals surface area contributed by atoms with Crippen LogP contribution in [0.5, 0.6) is 0 Å². The quantitative estimate of drug-likeness (QED) is 0.654. The summed E-state index contributed by atoms with van der Waals surface area (Å²) in [4.78, 5) is 23.9. The highest BCUT2D eigenvalue weighted by Crippen LogP contribution is 2.39. The van der Waals surface area contributed by atoms with Crippen molar-refractivity contribution in [3.8, 4) is 0 Å². The largest absolute Gasteiger partial charge is 0.444 e. The molecule has 2 saturated heterocycles. The summed E-state index contributed by atoms with van der Waals surface area (Å²) < 4.78 is 5.32. The minimum absolute atomic E-state index is 0.0742. The van der Waals surface area contributed by atoms with Gasteiger partial charge in [-0.05, 0) is 27.2 Å². The molecule has 0 unspecified atom stereocenters. The third-order valence-corrected chi connectivity index (χ3v) is 3.24. The van der Waals surface area contributed by atoms with Crippen LogP contribution in [0.2, 0.25) is 0 Å². The minimum atomic E-state index is -0.456. The van der Waals surface area contributed by atoms with Crippen LogP contribution in [0.3, 0.4) is 0 Å². The molecule has 2 fully saturated rings. The Kier molecular flexibility index (Phi) is 2.75. The molecule has 0 atom stereocenters. The highest BCUT2D eigenvalue weighted by atomic mass is 16.6. The van der Waals surface area contributed by atoms with E-state index in [1.807, 2.05) is 20.8 Å². The lowest BCUT2D eigenvalue weighted by Gasteiger charge is -2.43. The lowest BCUT2D eigenvalue weighted by molar-refractivity contribution is -0.00141. The van der Waals surface area contributed by atoms with Crippen LogP contribution in [0, 0.1) is 10.3 Å². The highest BCUT2D eigenvalue weighted by molar-refractivity contribution is 5.68. The van der Waals surface area contributed by atoms with Gasteiger partial charge in [-0.1, -0.05) is 0 Å². The third-order valence-electron chi connectivity index (χ3n) is 3.24. The number of hydrogen-bond acceptors (Lipinski definition) is 4. The van der Waals surface area contributed by atoms with E-state index in [1.165, 1.54) is 5.01 Å². The van der Waals surface area contributed by atoms with Crippen LogP contribution in [0.15, 0.2) is 5.29 Å².